The molecule has 0 saturated heterocycles. The van der Waals surface area contributed by atoms with Gasteiger partial charge in [0.15, 0.2) is 5.78 Å². The number of hydrogen-bond acceptors (Lipinski definition) is 4. The maximum absolute atomic E-state index is 12.5. The molecule has 2 aromatic rings. The molecule has 0 aliphatic carbocycles. The van der Waals surface area contributed by atoms with Gasteiger partial charge in [0.25, 0.3) is 0 Å². The van der Waals surface area contributed by atoms with E-state index in [0.717, 1.165) is 29.2 Å². The highest BCUT2D eigenvalue weighted by Gasteiger charge is 2.06. The highest BCUT2D eigenvalue weighted by molar-refractivity contribution is 7.99. The molecule has 3 nitrogen and oxygen atoms in total. The molecular weight excluding hydrogens is 344 g/mol. The van der Waals surface area contributed by atoms with Gasteiger partial charge in [-0.05, 0) is 80.6 Å². The Kier molecular flexibility index (Phi) is 8.29. The summed E-state index contributed by atoms with van der Waals surface area (Å²) in [6.45, 7) is 7.20. The summed E-state index contributed by atoms with van der Waals surface area (Å²) in [7, 11) is 0. The lowest BCUT2D eigenvalue weighted by Gasteiger charge is -2.10. The lowest BCUT2D eigenvalue weighted by molar-refractivity contribution is 0.104. The number of ketones is 1. The van der Waals surface area contributed by atoms with E-state index in [1.54, 1.807) is 23.9 Å². The van der Waals surface area contributed by atoms with Gasteiger partial charge < -0.3 is 9.47 Å². The molecule has 0 N–H and O–H groups in total. The summed E-state index contributed by atoms with van der Waals surface area (Å²) in [5.74, 6) is 2.57. The van der Waals surface area contributed by atoms with Gasteiger partial charge >= 0.3 is 0 Å². The smallest absolute Gasteiger partial charge is 0.185 e. The average molecular weight is 371 g/mol. The number of carbonyl (C=O) groups excluding carboxylic acids is 1. The Morgan fingerprint density at radius 2 is 1.73 bits per heavy atom. The topological polar surface area (TPSA) is 35.5 Å². The Bertz CT molecular complexity index is 736. The third kappa shape index (κ3) is 5.95. The van der Waals surface area contributed by atoms with Crippen LogP contribution in [0.2, 0.25) is 0 Å². The van der Waals surface area contributed by atoms with E-state index >= 15 is 0 Å². The molecule has 0 saturated carbocycles. The number of ether oxygens (including phenoxy) is 2. The zero-order valence-corrected chi connectivity index (χ0v) is 16.5. The lowest BCUT2D eigenvalue weighted by Crippen LogP contribution is -1.97. The van der Waals surface area contributed by atoms with E-state index in [1.165, 1.54) is 4.90 Å². The molecule has 4 heteroatoms. The molecule has 2 rings (SSSR count). The maximum Gasteiger partial charge on any atom is 0.185 e. The molecule has 0 bridgehead atoms. The fourth-order valence-corrected chi connectivity index (χ4v) is 3.17. The summed E-state index contributed by atoms with van der Waals surface area (Å²) in [5, 5.41) is 0. The van der Waals surface area contributed by atoms with Crippen LogP contribution in [0.3, 0.4) is 0 Å². The molecule has 0 aliphatic rings. The highest BCUT2D eigenvalue weighted by Crippen LogP contribution is 2.26. The Balaban J connectivity index is 2.14. The first-order valence-electron chi connectivity index (χ1n) is 9.02. The summed E-state index contributed by atoms with van der Waals surface area (Å²) in [6.07, 6.45) is 4.51. The normalized spacial score (nSPS) is 10.9. The van der Waals surface area contributed by atoms with Gasteiger partial charge in [-0.25, -0.2) is 0 Å². The molecule has 0 amide bonds. The molecule has 2 aromatic carbocycles. The van der Waals surface area contributed by atoms with E-state index in [2.05, 4.69) is 6.92 Å². The van der Waals surface area contributed by atoms with Crippen LogP contribution in [0.15, 0.2) is 53.4 Å². The molecule has 0 radical (unpaired) electrons. The first-order chi connectivity index (χ1) is 12.7. The molecule has 26 heavy (non-hydrogen) atoms. The first kappa shape index (κ1) is 20.1. The van der Waals surface area contributed by atoms with Gasteiger partial charge in [-0.1, -0.05) is 6.92 Å². The third-order valence-electron chi connectivity index (χ3n) is 3.62. The Morgan fingerprint density at radius 3 is 2.38 bits per heavy atom. The standard InChI is InChI=1S/C22H26O3S/c1-4-15-26-20-11-7-17(8-12-20)21(23)13-9-18-16-19(24-5-2)10-14-22(18)25-6-3/h7-14,16H,4-6,15H2,1-3H3. The second kappa shape index (κ2) is 10.7. The van der Waals surface area contributed by atoms with Crippen molar-refractivity contribution in [2.45, 2.75) is 32.1 Å². The van der Waals surface area contributed by atoms with Crippen molar-refractivity contribution in [3.05, 3.63) is 59.7 Å². The fourth-order valence-electron chi connectivity index (χ4n) is 2.40. The van der Waals surface area contributed by atoms with Gasteiger partial charge in [-0.3, -0.25) is 4.79 Å². The number of hydrogen-bond donors (Lipinski definition) is 0. The monoisotopic (exact) mass is 370 g/mol. The van der Waals surface area contributed by atoms with E-state index < -0.39 is 0 Å². The maximum atomic E-state index is 12.5. The molecule has 0 heterocycles. The van der Waals surface area contributed by atoms with E-state index in [-0.39, 0.29) is 5.78 Å². The van der Waals surface area contributed by atoms with Crippen molar-refractivity contribution in [2.24, 2.45) is 0 Å². The molecule has 0 spiro atoms. The number of carbonyl (C=O) groups is 1. The minimum absolute atomic E-state index is 0.0266. The predicted octanol–water partition coefficient (Wildman–Crippen LogP) is 5.88. The minimum Gasteiger partial charge on any atom is -0.494 e. The zero-order valence-electron chi connectivity index (χ0n) is 15.7. The third-order valence-corrected chi connectivity index (χ3v) is 4.84. The van der Waals surface area contributed by atoms with Crippen molar-refractivity contribution in [1.29, 1.82) is 0 Å². The van der Waals surface area contributed by atoms with E-state index in [1.807, 2.05) is 56.3 Å². The van der Waals surface area contributed by atoms with Gasteiger partial charge in [0, 0.05) is 16.0 Å². The van der Waals surface area contributed by atoms with Crippen molar-refractivity contribution < 1.29 is 14.3 Å². The SMILES string of the molecule is CCCSc1ccc(C(=O)C=Cc2cc(OCC)ccc2OCC)cc1. The van der Waals surface area contributed by atoms with Crippen LogP contribution in [0.1, 0.15) is 43.1 Å². The molecule has 0 atom stereocenters. The van der Waals surface area contributed by atoms with Crippen LogP contribution in [-0.4, -0.2) is 24.7 Å². The molecule has 138 valence electrons. The van der Waals surface area contributed by atoms with Crippen LogP contribution in [0, 0.1) is 0 Å². The summed E-state index contributed by atoms with van der Waals surface area (Å²) >= 11 is 1.80. The van der Waals surface area contributed by atoms with Crippen LogP contribution < -0.4 is 9.47 Å². The Morgan fingerprint density at radius 1 is 1.00 bits per heavy atom. The Labute approximate surface area is 160 Å². The average Bonchev–Trinajstić information content (AvgIpc) is 2.67. The van der Waals surface area contributed by atoms with Crippen LogP contribution in [0.5, 0.6) is 11.5 Å². The van der Waals surface area contributed by atoms with Gasteiger partial charge in [-0.15, -0.1) is 11.8 Å². The quantitative estimate of drug-likeness (QED) is 0.297. The van der Waals surface area contributed by atoms with Gasteiger partial charge in [0.1, 0.15) is 11.5 Å². The fraction of sp³-hybridized carbons (Fsp3) is 0.318. The van der Waals surface area contributed by atoms with Crippen molar-refractivity contribution >= 4 is 23.6 Å². The Hall–Kier alpha value is -2.20. The largest absolute Gasteiger partial charge is 0.494 e. The van der Waals surface area contributed by atoms with Crippen LogP contribution in [0.4, 0.5) is 0 Å². The van der Waals surface area contributed by atoms with Gasteiger partial charge in [-0.2, -0.15) is 0 Å². The second-order valence-electron chi connectivity index (χ2n) is 5.64. The number of benzene rings is 2. The molecule has 0 unspecified atom stereocenters. The summed E-state index contributed by atoms with van der Waals surface area (Å²) in [4.78, 5) is 13.6. The van der Waals surface area contributed by atoms with Crippen molar-refractivity contribution in [3.8, 4) is 11.5 Å². The van der Waals surface area contributed by atoms with Crippen molar-refractivity contribution in [1.82, 2.24) is 0 Å². The zero-order chi connectivity index (χ0) is 18.8. The van der Waals surface area contributed by atoms with Gasteiger partial charge in [0.2, 0.25) is 0 Å². The van der Waals surface area contributed by atoms with Crippen molar-refractivity contribution in [3.63, 3.8) is 0 Å². The van der Waals surface area contributed by atoms with Crippen molar-refractivity contribution in [2.75, 3.05) is 19.0 Å². The highest BCUT2D eigenvalue weighted by atomic mass is 32.2. The van der Waals surface area contributed by atoms with Crippen LogP contribution >= 0.6 is 11.8 Å². The number of allylic oxidation sites excluding steroid dienone is 1. The van der Waals surface area contributed by atoms with Gasteiger partial charge in [0.05, 0.1) is 13.2 Å². The van der Waals surface area contributed by atoms with E-state index in [4.69, 9.17) is 9.47 Å². The molecule has 0 fully saturated rings. The second-order valence-corrected chi connectivity index (χ2v) is 6.80. The predicted molar refractivity (Wildman–Crippen MR) is 110 cm³/mol. The summed E-state index contributed by atoms with van der Waals surface area (Å²) in [5.41, 5.74) is 1.52. The van der Waals surface area contributed by atoms with Crippen LogP contribution in [0.25, 0.3) is 6.08 Å². The molecule has 0 aromatic heterocycles. The number of thioether (sulfide) groups is 1. The first-order valence-corrected chi connectivity index (χ1v) is 10.0. The summed E-state index contributed by atoms with van der Waals surface area (Å²) < 4.78 is 11.2. The summed E-state index contributed by atoms with van der Waals surface area (Å²) in [6, 6.07) is 13.4. The van der Waals surface area contributed by atoms with Crippen LogP contribution in [-0.2, 0) is 0 Å². The number of rotatable bonds is 10. The molecular formula is C22H26O3S. The van der Waals surface area contributed by atoms with E-state index in [0.29, 0.717) is 18.8 Å². The van der Waals surface area contributed by atoms with E-state index in [9.17, 15) is 4.79 Å². The lowest BCUT2D eigenvalue weighted by atomic mass is 10.1. The minimum atomic E-state index is -0.0266. The molecule has 0 aliphatic heterocycles.